The molecule has 0 saturated heterocycles. The number of fused-ring (bicyclic) bond motifs is 1. The molecule has 0 aliphatic rings. The maximum atomic E-state index is 6.29. The summed E-state index contributed by atoms with van der Waals surface area (Å²) in [6, 6.07) is 5.78. The fourth-order valence-corrected chi connectivity index (χ4v) is 3.66. The van der Waals surface area contributed by atoms with Gasteiger partial charge in [0.15, 0.2) is 0 Å². The molecule has 0 bridgehead atoms. The summed E-state index contributed by atoms with van der Waals surface area (Å²) in [5, 5.41) is 4.55. The molecule has 3 aromatic heterocycles. The quantitative estimate of drug-likeness (QED) is 0.540. The van der Waals surface area contributed by atoms with Crippen LogP contribution in [0.15, 0.2) is 36.0 Å². The van der Waals surface area contributed by atoms with Crippen molar-refractivity contribution in [3.63, 3.8) is 0 Å². The van der Waals surface area contributed by atoms with Crippen LogP contribution in [0, 0.1) is 6.92 Å². The van der Waals surface area contributed by atoms with E-state index < -0.39 is 0 Å². The van der Waals surface area contributed by atoms with E-state index in [0.717, 1.165) is 45.4 Å². The SMILES string of the molecule is Cc1nc(CCc2nc(-c3nccs3)cn2C)nc2c(Cl)cccc12. The lowest BCUT2D eigenvalue weighted by atomic mass is 10.2. The predicted octanol–water partition coefficient (Wildman–Crippen LogP) is 4.23. The number of imidazole rings is 1. The van der Waals surface area contributed by atoms with Crippen LogP contribution in [0.2, 0.25) is 5.02 Å². The lowest BCUT2D eigenvalue weighted by molar-refractivity contribution is 0.748. The normalized spacial score (nSPS) is 11.3. The van der Waals surface area contributed by atoms with E-state index in [9.17, 15) is 0 Å². The molecule has 0 N–H and O–H groups in total. The summed E-state index contributed by atoms with van der Waals surface area (Å²) in [7, 11) is 2.00. The highest BCUT2D eigenvalue weighted by molar-refractivity contribution is 7.13. The van der Waals surface area contributed by atoms with Gasteiger partial charge >= 0.3 is 0 Å². The van der Waals surface area contributed by atoms with E-state index in [0.29, 0.717) is 11.4 Å². The minimum atomic E-state index is 0.660. The number of aromatic nitrogens is 5. The van der Waals surface area contributed by atoms with Crippen LogP contribution in [-0.2, 0) is 19.9 Å². The Morgan fingerprint density at radius 3 is 2.84 bits per heavy atom. The summed E-state index contributed by atoms with van der Waals surface area (Å²) in [5.41, 5.74) is 2.67. The second-order valence-corrected chi connectivity index (χ2v) is 7.15. The first-order valence-corrected chi connectivity index (χ1v) is 9.21. The van der Waals surface area contributed by atoms with Gasteiger partial charge in [-0.15, -0.1) is 11.3 Å². The van der Waals surface area contributed by atoms with Crippen molar-refractivity contribution in [1.82, 2.24) is 24.5 Å². The van der Waals surface area contributed by atoms with Crippen LogP contribution in [0.1, 0.15) is 17.3 Å². The molecule has 3 heterocycles. The van der Waals surface area contributed by atoms with Crippen molar-refractivity contribution in [3.05, 3.63) is 58.3 Å². The lowest BCUT2D eigenvalue weighted by Crippen LogP contribution is -2.04. The van der Waals surface area contributed by atoms with Gasteiger partial charge in [0.1, 0.15) is 22.4 Å². The van der Waals surface area contributed by atoms with Crippen molar-refractivity contribution in [1.29, 1.82) is 0 Å². The van der Waals surface area contributed by atoms with Crippen LogP contribution >= 0.6 is 22.9 Å². The first-order chi connectivity index (χ1) is 12.1. The number of para-hydroxylation sites is 1. The molecule has 0 atom stereocenters. The van der Waals surface area contributed by atoms with Gasteiger partial charge in [0.05, 0.1) is 10.5 Å². The van der Waals surface area contributed by atoms with Crippen molar-refractivity contribution >= 4 is 33.8 Å². The number of hydrogen-bond donors (Lipinski definition) is 0. The molecule has 0 fully saturated rings. The van der Waals surface area contributed by atoms with E-state index in [4.69, 9.17) is 16.6 Å². The zero-order valence-electron chi connectivity index (χ0n) is 13.9. The highest BCUT2D eigenvalue weighted by Crippen LogP contribution is 2.24. The molecule has 0 radical (unpaired) electrons. The Morgan fingerprint density at radius 2 is 2.04 bits per heavy atom. The number of aryl methyl sites for hydroxylation is 4. The Bertz CT molecular complexity index is 1040. The molecule has 0 aliphatic heterocycles. The first-order valence-electron chi connectivity index (χ1n) is 7.95. The smallest absolute Gasteiger partial charge is 0.143 e. The molecule has 0 saturated carbocycles. The van der Waals surface area contributed by atoms with Gasteiger partial charge in [0, 0.05) is 48.7 Å². The van der Waals surface area contributed by atoms with Crippen molar-refractivity contribution in [3.8, 4) is 10.7 Å². The van der Waals surface area contributed by atoms with E-state index in [-0.39, 0.29) is 0 Å². The topological polar surface area (TPSA) is 56.5 Å². The van der Waals surface area contributed by atoms with Gasteiger partial charge < -0.3 is 4.57 Å². The highest BCUT2D eigenvalue weighted by atomic mass is 35.5. The second kappa shape index (κ2) is 6.54. The molecule has 0 aliphatic carbocycles. The number of nitrogens with zero attached hydrogens (tertiary/aromatic N) is 5. The van der Waals surface area contributed by atoms with Gasteiger partial charge in [-0.2, -0.15) is 0 Å². The van der Waals surface area contributed by atoms with E-state index in [2.05, 4.69) is 15.0 Å². The van der Waals surface area contributed by atoms with Crippen molar-refractivity contribution in [2.75, 3.05) is 0 Å². The molecule has 0 spiro atoms. The largest absolute Gasteiger partial charge is 0.337 e. The summed E-state index contributed by atoms with van der Waals surface area (Å²) in [5.74, 6) is 1.78. The summed E-state index contributed by atoms with van der Waals surface area (Å²) in [4.78, 5) is 18.3. The minimum Gasteiger partial charge on any atom is -0.337 e. The average molecular weight is 370 g/mol. The number of thiazole rings is 1. The van der Waals surface area contributed by atoms with Gasteiger partial charge in [-0.25, -0.2) is 19.9 Å². The van der Waals surface area contributed by atoms with E-state index in [1.54, 1.807) is 17.5 Å². The van der Waals surface area contributed by atoms with Gasteiger partial charge in [-0.05, 0) is 13.0 Å². The maximum absolute atomic E-state index is 6.29. The third-order valence-electron chi connectivity index (χ3n) is 4.11. The Balaban J connectivity index is 1.60. The monoisotopic (exact) mass is 369 g/mol. The number of hydrogen-bond acceptors (Lipinski definition) is 5. The van der Waals surface area contributed by atoms with Crippen LogP contribution in [0.25, 0.3) is 21.6 Å². The predicted molar refractivity (Wildman–Crippen MR) is 101 cm³/mol. The Hall–Kier alpha value is -2.31. The Morgan fingerprint density at radius 1 is 1.16 bits per heavy atom. The number of benzene rings is 1. The lowest BCUT2D eigenvalue weighted by Gasteiger charge is -2.07. The third kappa shape index (κ3) is 3.15. The molecule has 1 aromatic carbocycles. The summed E-state index contributed by atoms with van der Waals surface area (Å²) in [6.07, 6.45) is 5.28. The van der Waals surface area contributed by atoms with Crippen LogP contribution in [0.5, 0.6) is 0 Å². The van der Waals surface area contributed by atoms with Crippen LogP contribution in [0.3, 0.4) is 0 Å². The second-order valence-electron chi connectivity index (χ2n) is 5.85. The number of rotatable bonds is 4. The number of halogens is 1. The van der Waals surface area contributed by atoms with Crippen LogP contribution < -0.4 is 0 Å². The van der Waals surface area contributed by atoms with Gasteiger partial charge in [0.25, 0.3) is 0 Å². The molecular weight excluding hydrogens is 354 g/mol. The maximum Gasteiger partial charge on any atom is 0.143 e. The Labute approximate surface area is 154 Å². The minimum absolute atomic E-state index is 0.660. The van der Waals surface area contributed by atoms with Crippen molar-refractivity contribution < 1.29 is 0 Å². The molecule has 5 nitrogen and oxygen atoms in total. The standard InChI is InChI=1S/C18H16ClN5S/c1-11-12-4-3-5-13(19)17(12)23-15(21-11)6-7-16-22-14(10-24(16)2)18-20-8-9-25-18/h3-5,8-10H,6-7H2,1-2H3. The van der Waals surface area contributed by atoms with Crippen LogP contribution in [0.4, 0.5) is 0 Å². The van der Waals surface area contributed by atoms with Gasteiger partial charge in [-0.1, -0.05) is 23.7 Å². The molecule has 126 valence electrons. The fraction of sp³-hybridized carbons (Fsp3) is 0.222. The molecule has 0 unspecified atom stereocenters. The zero-order chi connectivity index (χ0) is 17.4. The first kappa shape index (κ1) is 16.2. The highest BCUT2D eigenvalue weighted by Gasteiger charge is 2.12. The van der Waals surface area contributed by atoms with E-state index >= 15 is 0 Å². The molecular formula is C18H16ClN5S. The zero-order valence-corrected chi connectivity index (χ0v) is 15.5. The summed E-state index contributed by atoms with van der Waals surface area (Å²) >= 11 is 7.88. The average Bonchev–Trinajstić information content (AvgIpc) is 3.24. The molecule has 25 heavy (non-hydrogen) atoms. The van der Waals surface area contributed by atoms with Crippen LogP contribution in [-0.4, -0.2) is 24.5 Å². The van der Waals surface area contributed by atoms with Gasteiger partial charge in [-0.3, -0.25) is 0 Å². The molecule has 0 amide bonds. The summed E-state index contributed by atoms with van der Waals surface area (Å²) in [6.45, 7) is 1.99. The molecule has 7 heteroatoms. The summed E-state index contributed by atoms with van der Waals surface area (Å²) < 4.78 is 2.04. The third-order valence-corrected chi connectivity index (χ3v) is 5.21. The van der Waals surface area contributed by atoms with E-state index in [1.807, 2.05) is 48.3 Å². The molecule has 4 rings (SSSR count). The van der Waals surface area contributed by atoms with Crippen molar-refractivity contribution in [2.24, 2.45) is 7.05 Å². The van der Waals surface area contributed by atoms with Crippen molar-refractivity contribution in [2.45, 2.75) is 19.8 Å². The molecule has 4 aromatic rings. The Kier molecular flexibility index (Phi) is 4.23. The van der Waals surface area contributed by atoms with E-state index in [1.165, 1.54) is 0 Å². The fourth-order valence-electron chi connectivity index (χ4n) is 2.85. The van der Waals surface area contributed by atoms with Gasteiger partial charge in [0.2, 0.25) is 0 Å².